The lowest BCUT2D eigenvalue weighted by Crippen LogP contribution is -2.55. The van der Waals surface area contributed by atoms with Gasteiger partial charge in [0.1, 0.15) is 5.54 Å². The van der Waals surface area contributed by atoms with Gasteiger partial charge in [-0.05, 0) is 26.4 Å². The third-order valence-corrected chi connectivity index (χ3v) is 3.36. The predicted molar refractivity (Wildman–Crippen MR) is 70.9 cm³/mol. The molecule has 4 nitrogen and oxygen atoms in total. The molecule has 4 heteroatoms. The van der Waals surface area contributed by atoms with Crippen LogP contribution in [0.5, 0.6) is 0 Å². The van der Waals surface area contributed by atoms with Crippen molar-refractivity contribution in [3.8, 4) is 6.07 Å². The van der Waals surface area contributed by atoms with Crippen LogP contribution in [0.2, 0.25) is 0 Å². The number of nitrogens with one attached hydrogen (secondary N) is 1. The minimum atomic E-state index is -0.401. The van der Waals surface area contributed by atoms with Crippen LogP contribution in [0.3, 0.4) is 0 Å². The molecular weight excluding hydrogens is 212 g/mol. The molecule has 17 heavy (non-hydrogen) atoms. The second-order valence-electron chi connectivity index (χ2n) is 5.09. The van der Waals surface area contributed by atoms with E-state index in [1.165, 1.54) is 13.0 Å². The number of piperazine rings is 1. The van der Waals surface area contributed by atoms with Crippen LogP contribution in [0.1, 0.15) is 27.2 Å². The molecule has 1 rings (SSSR count). The van der Waals surface area contributed by atoms with Gasteiger partial charge in [-0.1, -0.05) is 13.8 Å². The standard InChI is InChI=1S/C13H26N4/c1-4-6-16-7-9-17(10-8-16)12-13(3,11-14)15-5-2/h15H,4-10,12H2,1-3H3. The highest BCUT2D eigenvalue weighted by Gasteiger charge is 2.27. The van der Waals surface area contributed by atoms with Crippen LogP contribution < -0.4 is 5.32 Å². The van der Waals surface area contributed by atoms with E-state index in [1.54, 1.807) is 0 Å². The van der Waals surface area contributed by atoms with E-state index >= 15 is 0 Å². The van der Waals surface area contributed by atoms with E-state index in [2.05, 4.69) is 35.0 Å². The Balaban J connectivity index is 2.37. The summed E-state index contributed by atoms with van der Waals surface area (Å²) in [5.74, 6) is 0. The van der Waals surface area contributed by atoms with E-state index in [9.17, 15) is 5.26 Å². The zero-order valence-electron chi connectivity index (χ0n) is 11.5. The highest BCUT2D eigenvalue weighted by Crippen LogP contribution is 2.09. The Labute approximate surface area is 106 Å². The second-order valence-corrected chi connectivity index (χ2v) is 5.09. The molecule has 1 saturated heterocycles. The lowest BCUT2D eigenvalue weighted by molar-refractivity contribution is 0.116. The summed E-state index contributed by atoms with van der Waals surface area (Å²) in [5, 5.41) is 12.5. The normalized spacial score (nSPS) is 22.0. The minimum Gasteiger partial charge on any atom is -0.301 e. The Morgan fingerprint density at radius 2 is 1.76 bits per heavy atom. The van der Waals surface area contributed by atoms with Crippen LogP contribution in [0.4, 0.5) is 0 Å². The first-order valence-electron chi connectivity index (χ1n) is 6.74. The summed E-state index contributed by atoms with van der Waals surface area (Å²) < 4.78 is 0. The van der Waals surface area contributed by atoms with Crippen molar-refractivity contribution < 1.29 is 0 Å². The number of hydrogen-bond acceptors (Lipinski definition) is 4. The molecule has 1 aliphatic heterocycles. The molecule has 1 N–H and O–H groups in total. The molecule has 0 saturated carbocycles. The Bertz CT molecular complexity index is 253. The third kappa shape index (κ3) is 4.63. The molecule has 1 atom stereocenters. The van der Waals surface area contributed by atoms with Crippen molar-refractivity contribution in [3.63, 3.8) is 0 Å². The van der Waals surface area contributed by atoms with Gasteiger partial charge in [-0.2, -0.15) is 5.26 Å². The lowest BCUT2D eigenvalue weighted by Gasteiger charge is -2.38. The summed E-state index contributed by atoms with van der Waals surface area (Å²) in [7, 11) is 0. The fraction of sp³-hybridized carbons (Fsp3) is 0.923. The number of rotatable bonds is 6. The molecule has 0 aromatic rings. The van der Waals surface area contributed by atoms with Gasteiger partial charge >= 0.3 is 0 Å². The number of hydrogen-bond donors (Lipinski definition) is 1. The monoisotopic (exact) mass is 238 g/mol. The summed E-state index contributed by atoms with van der Waals surface area (Å²) in [6.07, 6.45) is 1.23. The van der Waals surface area contributed by atoms with Crippen LogP contribution in [0.15, 0.2) is 0 Å². The van der Waals surface area contributed by atoms with Crippen molar-refractivity contribution in [2.24, 2.45) is 0 Å². The average Bonchev–Trinajstić information content (AvgIpc) is 2.32. The van der Waals surface area contributed by atoms with Gasteiger partial charge in [0, 0.05) is 32.7 Å². The fourth-order valence-corrected chi connectivity index (χ4v) is 2.46. The summed E-state index contributed by atoms with van der Waals surface area (Å²) >= 11 is 0. The van der Waals surface area contributed by atoms with E-state index in [-0.39, 0.29) is 0 Å². The van der Waals surface area contributed by atoms with Crippen molar-refractivity contribution >= 4 is 0 Å². The van der Waals surface area contributed by atoms with Gasteiger partial charge in [0.25, 0.3) is 0 Å². The zero-order chi connectivity index (χ0) is 12.7. The molecule has 0 spiro atoms. The molecule has 1 heterocycles. The maximum atomic E-state index is 9.23. The zero-order valence-corrected chi connectivity index (χ0v) is 11.5. The van der Waals surface area contributed by atoms with Crippen LogP contribution >= 0.6 is 0 Å². The van der Waals surface area contributed by atoms with Gasteiger partial charge in [-0.15, -0.1) is 0 Å². The van der Waals surface area contributed by atoms with Crippen molar-refractivity contribution in [2.45, 2.75) is 32.7 Å². The molecule has 1 unspecified atom stereocenters. The molecule has 98 valence electrons. The highest BCUT2D eigenvalue weighted by atomic mass is 15.3. The molecule has 1 aliphatic rings. The number of likely N-dealkylation sites (N-methyl/N-ethyl adjacent to an activating group) is 1. The molecule has 0 bridgehead atoms. The number of nitriles is 1. The molecule has 0 amide bonds. The molecule has 0 radical (unpaired) electrons. The molecule has 1 fully saturated rings. The Morgan fingerprint density at radius 1 is 1.18 bits per heavy atom. The van der Waals surface area contributed by atoms with Crippen LogP contribution in [0.25, 0.3) is 0 Å². The predicted octanol–water partition coefficient (Wildman–Crippen LogP) is 0.906. The topological polar surface area (TPSA) is 42.3 Å². The Hall–Kier alpha value is -0.630. The first-order valence-corrected chi connectivity index (χ1v) is 6.74. The van der Waals surface area contributed by atoms with Gasteiger partial charge in [0.05, 0.1) is 6.07 Å². The van der Waals surface area contributed by atoms with Crippen LogP contribution in [0, 0.1) is 11.3 Å². The minimum absolute atomic E-state index is 0.401. The largest absolute Gasteiger partial charge is 0.301 e. The SMILES string of the molecule is CCCN1CCN(CC(C)(C#N)NCC)CC1. The highest BCUT2D eigenvalue weighted by molar-refractivity contribution is 5.05. The first kappa shape index (κ1) is 14.4. The smallest absolute Gasteiger partial charge is 0.116 e. The third-order valence-electron chi connectivity index (χ3n) is 3.36. The first-order chi connectivity index (χ1) is 8.13. The number of nitrogens with zero attached hydrogens (tertiary/aromatic N) is 3. The van der Waals surface area contributed by atoms with Crippen LogP contribution in [-0.4, -0.2) is 61.2 Å². The van der Waals surface area contributed by atoms with Gasteiger partial charge in [-0.3, -0.25) is 10.2 Å². The van der Waals surface area contributed by atoms with Crippen molar-refractivity contribution in [1.29, 1.82) is 5.26 Å². The quantitative estimate of drug-likeness (QED) is 0.747. The Morgan fingerprint density at radius 3 is 2.24 bits per heavy atom. The van der Waals surface area contributed by atoms with Crippen molar-refractivity contribution in [1.82, 2.24) is 15.1 Å². The maximum Gasteiger partial charge on any atom is 0.116 e. The van der Waals surface area contributed by atoms with Gasteiger partial charge in [0.2, 0.25) is 0 Å². The second kappa shape index (κ2) is 6.95. The van der Waals surface area contributed by atoms with Gasteiger partial charge in [0.15, 0.2) is 0 Å². The summed E-state index contributed by atoms with van der Waals surface area (Å²) in [6, 6.07) is 2.40. The maximum absolute atomic E-state index is 9.23. The molecule has 0 aromatic heterocycles. The van der Waals surface area contributed by atoms with E-state index in [0.29, 0.717) is 0 Å². The summed E-state index contributed by atoms with van der Waals surface area (Å²) in [6.45, 7) is 13.6. The molecular formula is C13H26N4. The van der Waals surface area contributed by atoms with Crippen LogP contribution in [-0.2, 0) is 0 Å². The van der Waals surface area contributed by atoms with Crippen molar-refractivity contribution in [3.05, 3.63) is 0 Å². The van der Waals surface area contributed by atoms with E-state index in [4.69, 9.17) is 0 Å². The molecule has 0 aliphatic carbocycles. The fourth-order valence-electron chi connectivity index (χ4n) is 2.46. The van der Waals surface area contributed by atoms with Gasteiger partial charge in [-0.25, -0.2) is 0 Å². The lowest BCUT2D eigenvalue weighted by atomic mass is 10.0. The van der Waals surface area contributed by atoms with E-state index < -0.39 is 5.54 Å². The molecule has 0 aromatic carbocycles. The summed E-state index contributed by atoms with van der Waals surface area (Å²) in [4.78, 5) is 4.91. The van der Waals surface area contributed by atoms with E-state index in [1.807, 2.05) is 6.92 Å². The van der Waals surface area contributed by atoms with Gasteiger partial charge < -0.3 is 4.90 Å². The summed E-state index contributed by atoms with van der Waals surface area (Å²) in [5.41, 5.74) is -0.401. The Kier molecular flexibility index (Phi) is 5.90. The average molecular weight is 238 g/mol. The van der Waals surface area contributed by atoms with E-state index in [0.717, 1.165) is 39.3 Å². The van der Waals surface area contributed by atoms with Crippen molar-refractivity contribution in [2.75, 3.05) is 45.8 Å².